The van der Waals surface area contributed by atoms with Crippen LogP contribution in [-0.4, -0.2) is 15.5 Å². The summed E-state index contributed by atoms with van der Waals surface area (Å²) in [6, 6.07) is 9.14. The van der Waals surface area contributed by atoms with Crippen LogP contribution in [0.5, 0.6) is 0 Å². The van der Waals surface area contributed by atoms with Gasteiger partial charge in [0.15, 0.2) is 0 Å². The Balaban J connectivity index is 1.18. The second-order valence-electron chi connectivity index (χ2n) is 12.1. The highest BCUT2D eigenvalue weighted by Crippen LogP contribution is 2.67. The van der Waals surface area contributed by atoms with Gasteiger partial charge in [-0.15, -0.1) is 0 Å². The molecular weight excluding hydrogens is 406 g/mol. The van der Waals surface area contributed by atoms with Gasteiger partial charge in [-0.05, 0) is 86.0 Å². The Hall–Kier alpha value is -2.10. The van der Waals surface area contributed by atoms with Crippen LogP contribution < -0.4 is 5.32 Å². The monoisotopic (exact) mass is 445 g/mol. The highest BCUT2D eigenvalue weighted by atomic mass is 16.1. The smallest absolute Gasteiger partial charge is 0.223 e. The van der Waals surface area contributed by atoms with Crippen molar-refractivity contribution in [3.8, 4) is 0 Å². The fourth-order valence-corrected chi connectivity index (χ4v) is 8.90. The standard InChI is InChI=1S/C29H39N3O/c1-19-4-6-20(7-5-19)18-31-27(33)24-10-9-22-21-8-11-25-29(3,23(21)12-14-28(22,24)2)15-13-26-30-16-17-32(25)26/h4-7,16-17,21-25H,8-15,18H2,1-3H3,(H,31,33)/t21-,22-,23-,24+,25?,28-,29+/m0/s1. The molecule has 3 fully saturated rings. The summed E-state index contributed by atoms with van der Waals surface area (Å²) < 4.78 is 2.52. The number of hydrogen-bond donors (Lipinski definition) is 1. The second-order valence-corrected chi connectivity index (χ2v) is 12.1. The van der Waals surface area contributed by atoms with Gasteiger partial charge in [0.2, 0.25) is 5.91 Å². The zero-order valence-corrected chi connectivity index (χ0v) is 20.5. The van der Waals surface area contributed by atoms with Crippen LogP contribution in [0.4, 0.5) is 0 Å². The van der Waals surface area contributed by atoms with Crippen molar-refractivity contribution >= 4 is 5.91 Å². The lowest BCUT2D eigenvalue weighted by molar-refractivity contribution is -0.135. The molecule has 2 aromatic rings. The summed E-state index contributed by atoms with van der Waals surface area (Å²) in [6.07, 6.45) is 14.0. The Morgan fingerprint density at radius 3 is 2.64 bits per heavy atom. The quantitative estimate of drug-likeness (QED) is 0.644. The number of nitrogens with zero attached hydrogens (tertiary/aromatic N) is 2. The van der Waals surface area contributed by atoms with E-state index < -0.39 is 0 Å². The van der Waals surface area contributed by atoms with E-state index in [0.717, 1.165) is 24.7 Å². The summed E-state index contributed by atoms with van der Waals surface area (Å²) in [5, 5.41) is 3.30. The molecule has 0 saturated heterocycles. The molecule has 1 unspecified atom stereocenters. The van der Waals surface area contributed by atoms with Crippen molar-refractivity contribution in [2.24, 2.45) is 34.5 Å². The third-order valence-corrected chi connectivity index (χ3v) is 10.7. The molecule has 0 bridgehead atoms. The number of nitrogens with one attached hydrogen (secondary N) is 1. The molecule has 0 spiro atoms. The van der Waals surface area contributed by atoms with Gasteiger partial charge in [0.05, 0.1) is 0 Å². The largest absolute Gasteiger partial charge is 0.352 e. The first-order valence-corrected chi connectivity index (χ1v) is 13.2. The van der Waals surface area contributed by atoms with Crippen LogP contribution in [0.25, 0.3) is 0 Å². The lowest BCUT2D eigenvalue weighted by Gasteiger charge is -2.60. The number of amides is 1. The molecule has 4 aliphatic rings. The van der Waals surface area contributed by atoms with Crippen molar-refractivity contribution in [1.29, 1.82) is 0 Å². The van der Waals surface area contributed by atoms with Crippen LogP contribution in [0.3, 0.4) is 0 Å². The van der Waals surface area contributed by atoms with E-state index in [1.165, 1.54) is 55.5 Å². The highest BCUT2D eigenvalue weighted by molar-refractivity contribution is 5.80. The SMILES string of the molecule is Cc1ccc(CNC(=O)[C@H]2CC[C@H]3[C@@H]4CCC5n6ccnc6CC[C@]5(C)[C@H]4CC[C@]23C)cc1. The first-order valence-electron chi connectivity index (χ1n) is 13.2. The minimum atomic E-state index is 0.163. The zero-order chi connectivity index (χ0) is 22.8. The molecule has 1 aromatic carbocycles. The molecule has 1 N–H and O–H groups in total. The third kappa shape index (κ3) is 3.23. The maximum absolute atomic E-state index is 13.4. The third-order valence-electron chi connectivity index (χ3n) is 10.7. The summed E-state index contributed by atoms with van der Waals surface area (Å²) in [5.74, 6) is 4.03. The van der Waals surface area contributed by atoms with Crippen LogP contribution in [-0.2, 0) is 17.8 Å². The topological polar surface area (TPSA) is 46.9 Å². The molecule has 33 heavy (non-hydrogen) atoms. The fourth-order valence-electron chi connectivity index (χ4n) is 8.90. The second kappa shape index (κ2) is 7.71. The molecule has 3 saturated carbocycles. The maximum Gasteiger partial charge on any atom is 0.223 e. The molecule has 4 heteroatoms. The van der Waals surface area contributed by atoms with Crippen molar-refractivity contribution in [2.75, 3.05) is 0 Å². The van der Waals surface area contributed by atoms with Crippen molar-refractivity contribution in [3.05, 3.63) is 53.6 Å². The minimum absolute atomic E-state index is 0.163. The summed E-state index contributed by atoms with van der Waals surface area (Å²) in [4.78, 5) is 18.0. The highest BCUT2D eigenvalue weighted by Gasteiger charge is 2.61. The van der Waals surface area contributed by atoms with Gasteiger partial charge in [-0.1, -0.05) is 43.7 Å². The maximum atomic E-state index is 13.4. The van der Waals surface area contributed by atoms with Gasteiger partial charge in [-0.25, -0.2) is 4.98 Å². The molecule has 1 aliphatic heterocycles. The molecular formula is C29H39N3O. The Labute approximate surface area is 198 Å². The van der Waals surface area contributed by atoms with Gasteiger partial charge in [-0.3, -0.25) is 4.79 Å². The first-order chi connectivity index (χ1) is 15.9. The van der Waals surface area contributed by atoms with Crippen molar-refractivity contribution in [2.45, 2.75) is 84.7 Å². The molecule has 3 aliphatic carbocycles. The van der Waals surface area contributed by atoms with Gasteiger partial charge in [0, 0.05) is 37.3 Å². The number of aromatic nitrogens is 2. The van der Waals surface area contributed by atoms with Crippen LogP contribution in [0.1, 0.15) is 81.8 Å². The van der Waals surface area contributed by atoms with Gasteiger partial charge < -0.3 is 9.88 Å². The van der Waals surface area contributed by atoms with E-state index in [-0.39, 0.29) is 11.3 Å². The molecule has 0 radical (unpaired) electrons. The Kier molecular flexibility index (Phi) is 5.01. The number of carbonyl (C=O) groups is 1. The van der Waals surface area contributed by atoms with Gasteiger partial charge in [-0.2, -0.15) is 0 Å². The van der Waals surface area contributed by atoms with Crippen molar-refractivity contribution in [1.82, 2.24) is 14.9 Å². The Bertz CT molecular complexity index is 1040. The molecule has 1 amide bonds. The summed E-state index contributed by atoms with van der Waals surface area (Å²) in [6.45, 7) is 7.80. The zero-order valence-electron chi connectivity index (χ0n) is 20.5. The van der Waals surface area contributed by atoms with Gasteiger partial charge in [0.1, 0.15) is 5.82 Å². The summed E-state index contributed by atoms with van der Waals surface area (Å²) in [7, 11) is 0. The van der Waals surface area contributed by atoms with Gasteiger partial charge >= 0.3 is 0 Å². The number of benzene rings is 1. The van der Waals surface area contributed by atoms with Crippen LogP contribution in [0.2, 0.25) is 0 Å². The van der Waals surface area contributed by atoms with E-state index in [9.17, 15) is 4.79 Å². The molecule has 7 atom stereocenters. The van der Waals surface area contributed by atoms with Crippen LogP contribution in [0, 0.1) is 41.4 Å². The van der Waals surface area contributed by atoms with E-state index in [1.54, 1.807) is 0 Å². The number of imidazole rings is 1. The molecule has 6 rings (SSSR count). The van der Waals surface area contributed by atoms with E-state index in [2.05, 4.69) is 66.1 Å². The van der Waals surface area contributed by atoms with Crippen LogP contribution >= 0.6 is 0 Å². The van der Waals surface area contributed by atoms with E-state index >= 15 is 0 Å². The molecule has 4 nitrogen and oxygen atoms in total. The predicted molar refractivity (Wildman–Crippen MR) is 130 cm³/mol. The predicted octanol–water partition coefficient (Wildman–Crippen LogP) is 5.85. The Morgan fingerprint density at radius 2 is 1.82 bits per heavy atom. The van der Waals surface area contributed by atoms with E-state index in [0.29, 0.717) is 29.8 Å². The first kappa shape index (κ1) is 21.4. The van der Waals surface area contributed by atoms with E-state index in [1.807, 2.05) is 6.20 Å². The van der Waals surface area contributed by atoms with E-state index in [4.69, 9.17) is 0 Å². The minimum Gasteiger partial charge on any atom is -0.352 e. The van der Waals surface area contributed by atoms with Crippen molar-refractivity contribution < 1.29 is 4.79 Å². The average molecular weight is 446 g/mol. The summed E-state index contributed by atoms with van der Waals surface area (Å²) >= 11 is 0. The van der Waals surface area contributed by atoms with Crippen LogP contribution in [0.15, 0.2) is 36.7 Å². The number of aryl methyl sites for hydroxylation is 2. The number of rotatable bonds is 3. The molecule has 176 valence electrons. The lowest BCUT2D eigenvalue weighted by atomic mass is 9.47. The normalized spacial score (nSPS) is 39.2. The fraction of sp³-hybridized carbons (Fsp3) is 0.655. The number of carbonyl (C=O) groups excluding carboxylic acids is 1. The Morgan fingerprint density at radius 1 is 1.03 bits per heavy atom. The lowest BCUT2D eigenvalue weighted by Crippen LogP contribution is -2.54. The number of fused-ring (bicyclic) bond motifs is 7. The average Bonchev–Trinajstić information content (AvgIpc) is 3.42. The molecule has 2 heterocycles. The molecule has 1 aromatic heterocycles. The summed E-state index contributed by atoms with van der Waals surface area (Å²) in [5.41, 5.74) is 3.00. The van der Waals surface area contributed by atoms with Crippen molar-refractivity contribution in [3.63, 3.8) is 0 Å². The number of hydrogen-bond acceptors (Lipinski definition) is 2. The van der Waals surface area contributed by atoms with Gasteiger partial charge in [0.25, 0.3) is 0 Å².